The molecule has 0 amide bonds. The Kier molecular flexibility index (Phi) is 1.96. The maximum Gasteiger partial charge on any atom is 0.0141 e. The highest BCUT2D eigenvalue weighted by Gasteiger charge is 2.41. The van der Waals surface area contributed by atoms with Crippen molar-refractivity contribution < 1.29 is 0 Å². The highest BCUT2D eigenvalue weighted by Crippen LogP contribution is 2.50. The Labute approximate surface area is 76.9 Å². The number of hydrogen-bond donors (Lipinski definition) is 0. The van der Waals surface area contributed by atoms with Crippen molar-refractivity contribution in [2.75, 3.05) is 0 Å². The molecule has 0 radical (unpaired) electrons. The number of alkyl halides is 1. The van der Waals surface area contributed by atoms with Gasteiger partial charge in [-0.15, -0.1) is 0 Å². The molecule has 0 aromatic rings. The Morgan fingerprint density at radius 3 is 2.20 bits per heavy atom. The Balaban J connectivity index is 2.02. The first kappa shape index (κ1) is 7.38. The van der Waals surface area contributed by atoms with E-state index >= 15 is 0 Å². The van der Waals surface area contributed by atoms with Gasteiger partial charge in [0.15, 0.2) is 0 Å². The molecule has 0 heterocycles. The van der Waals surface area contributed by atoms with Crippen LogP contribution >= 0.6 is 22.6 Å². The van der Waals surface area contributed by atoms with Crippen molar-refractivity contribution >= 4 is 22.6 Å². The average molecular weight is 250 g/mol. The van der Waals surface area contributed by atoms with E-state index in [1.807, 2.05) is 0 Å². The minimum absolute atomic E-state index is 1.02. The summed E-state index contributed by atoms with van der Waals surface area (Å²) in [7, 11) is 0. The minimum atomic E-state index is 1.02. The molecule has 2 fully saturated rings. The molecule has 2 aliphatic rings. The van der Waals surface area contributed by atoms with E-state index in [1.165, 1.54) is 25.7 Å². The SMILES string of the molecule is CC1CCC(I)C2CCC12. The van der Waals surface area contributed by atoms with E-state index < -0.39 is 0 Å². The van der Waals surface area contributed by atoms with E-state index in [0.29, 0.717) is 0 Å². The van der Waals surface area contributed by atoms with Crippen molar-refractivity contribution in [2.45, 2.75) is 36.5 Å². The largest absolute Gasteiger partial charge is 0.0823 e. The third-order valence-corrected chi connectivity index (χ3v) is 5.02. The molecule has 10 heavy (non-hydrogen) atoms. The summed E-state index contributed by atoms with van der Waals surface area (Å²) in [4.78, 5) is 0. The molecule has 0 aromatic heterocycles. The van der Waals surface area contributed by atoms with Gasteiger partial charge in [-0.1, -0.05) is 29.5 Å². The lowest BCUT2D eigenvalue weighted by Gasteiger charge is -2.47. The zero-order valence-corrected chi connectivity index (χ0v) is 8.67. The van der Waals surface area contributed by atoms with E-state index in [9.17, 15) is 0 Å². The molecule has 0 spiro atoms. The van der Waals surface area contributed by atoms with Crippen LogP contribution in [0.4, 0.5) is 0 Å². The smallest absolute Gasteiger partial charge is 0.0141 e. The van der Waals surface area contributed by atoms with Crippen LogP contribution in [0.15, 0.2) is 0 Å². The van der Waals surface area contributed by atoms with Crippen LogP contribution in [0.3, 0.4) is 0 Å². The van der Waals surface area contributed by atoms with Gasteiger partial charge in [-0.3, -0.25) is 0 Å². The summed E-state index contributed by atoms with van der Waals surface area (Å²) >= 11 is 2.66. The first-order valence-electron chi connectivity index (χ1n) is 4.43. The second-order valence-electron chi connectivity index (χ2n) is 3.98. The molecule has 2 saturated carbocycles. The monoisotopic (exact) mass is 250 g/mol. The second kappa shape index (κ2) is 2.65. The zero-order valence-electron chi connectivity index (χ0n) is 6.52. The molecule has 0 N–H and O–H groups in total. The molecule has 0 nitrogen and oxygen atoms in total. The molecular formula is C9H15I. The third-order valence-electron chi connectivity index (χ3n) is 3.48. The van der Waals surface area contributed by atoms with E-state index in [0.717, 1.165) is 21.7 Å². The summed E-state index contributed by atoms with van der Waals surface area (Å²) in [5.41, 5.74) is 0. The first-order valence-corrected chi connectivity index (χ1v) is 5.67. The van der Waals surface area contributed by atoms with Crippen LogP contribution < -0.4 is 0 Å². The van der Waals surface area contributed by atoms with E-state index in [-0.39, 0.29) is 0 Å². The second-order valence-corrected chi connectivity index (χ2v) is 5.58. The van der Waals surface area contributed by atoms with Gasteiger partial charge in [0.25, 0.3) is 0 Å². The molecule has 0 aliphatic heterocycles. The summed E-state index contributed by atoms with van der Waals surface area (Å²) in [6.07, 6.45) is 6.05. The molecule has 58 valence electrons. The maximum atomic E-state index is 2.66. The van der Waals surface area contributed by atoms with Crippen LogP contribution in [0.5, 0.6) is 0 Å². The topological polar surface area (TPSA) is 0 Å². The molecule has 4 atom stereocenters. The fourth-order valence-electron chi connectivity index (χ4n) is 2.56. The lowest BCUT2D eigenvalue weighted by atomic mass is 9.61. The van der Waals surface area contributed by atoms with Crippen LogP contribution in [-0.4, -0.2) is 3.92 Å². The molecular weight excluding hydrogens is 235 g/mol. The zero-order chi connectivity index (χ0) is 7.14. The number of rotatable bonds is 0. The highest BCUT2D eigenvalue weighted by molar-refractivity contribution is 14.1. The Morgan fingerprint density at radius 1 is 1.00 bits per heavy atom. The molecule has 1 heteroatoms. The van der Waals surface area contributed by atoms with Gasteiger partial charge in [-0.25, -0.2) is 0 Å². The maximum absolute atomic E-state index is 2.66. The van der Waals surface area contributed by atoms with Gasteiger partial charge in [0, 0.05) is 3.92 Å². The van der Waals surface area contributed by atoms with Crippen LogP contribution in [0.1, 0.15) is 32.6 Å². The normalized spacial score (nSPS) is 53.4. The van der Waals surface area contributed by atoms with Gasteiger partial charge in [0.05, 0.1) is 0 Å². The van der Waals surface area contributed by atoms with Crippen LogP contribution in [0, 0.1) is 17.8 Å². The summed E-state index contributed by atoms with van der Waals surface area (Å²) in [5.74, 6) is 3.28. The third kappa shape index (κ3) is 1.01. The number of halogens is 1. The summed E-state index contributed by atoms with van der Waals surface area (Å²) in [5, 5.41) is 0. The predicted octanol–water partition coefficient (Wildman–Crippen LogP) is 3.25. The van der Waals surface area contributed by atoms with Crippen LogP contribution in [-0.2, 0) is 0 Å². The van der Waals surface area contributed by atoms with E-state index in [1.54, 1.807) is 0 Å². The molecule has 2 aliphatic carbocycles. The van der Waals surface area contributed by atoms with Crippen molar-refractivity contribution in [3.05, 3.63) is 0 Å². The Bertz CT molecular complexity index is 117. The van der Waals surface area contributed by atoms with Gasteiger partial charge in [-0.05, 0) is 43.4 Å². The van der Waals surface area contributed by atoms with Crippen LogP contribution in [0.25, 0.3) is 0 Å². The lowest BCUT2D eigenvalue weighted by Crippen LogP contribution is -2.41. The van der Waals surface area contributed by atoms with Gasteiger partial charge in [-0.2, -0.15) is 0 Å². The quantitative estimate of drug-likeness (QED) is 0.457. The Hall–Kier alpha value is 0.730. The van der Waals surface area contributed by atoms with E-state index in [4.69, 9.17) is 0 Å². The van der Waals surface area contributed by atoms with Crippen molar-refractivity contribution in [1.82, 2.24) is 0 Å². The van der Waals surface area contributed by atoms with Crippen molar-refractivity contribution in [3.63, 3.8) is 0 Å². The first-order chi connectivity index (χ1) is 4.79. The minimum Gasteiger partial charge on any atom is -0.0823 e. The van der Waals surface area contributed by atoms with Gasteiger partial charge in [0.2, 0.25) is 0 Å². The summed E-state index contributed by atoms with van der Waals surface area (Å²) < 4.78 is 1.02. The molecule has 0 aromatic carbocycles. The molecule has 4 unspecified atom stereocenters. The lowest BCUT2D eigenvalue weighted by molar-refractivity contribution is 0.0730. The fourth-order valence-corrected chi connectivity index (χ4v) is 3.81. The van der Waals surface area contributed by atoms with Crippen molar-refractivity contribution in [3.8, 4) is 0 Å². The highest BCUT2D eigenvalue weighted by atomic mass is 127. The number of hydrogen-bond acceptors (Lipinski definition) is 0. The predicted molar refractivity (Wildman–Crippen MR) is 52.4 cm³/mol. The number of fused-ring (bicyclic) bond motifs is 1. The van der Waals surface area contributed by atoms with Gasteiger partial charge < -0.3 is 0 Å². The molecule has 0 bridgehead atoms. The van der Waals surface area contributed by atoms with E-state index in [2.05, 4.69) is 29.5 Å². The summed E-state index contributed by atoms with van der Waals surface area (Å²) in [6.45, 7) is 2.44. The fraction of sp³-hybridized carbons (Fsp3) is 1.00. The summed E-state index contributed by atoms with van der Waals surface area (Å²) in [6, 6.07) is 0. The van der Waals surface area contributed by atoms with Gasteiger partial charge >= 0.3 is 0 Å². The van der Waals surface area contributed by atoms with Crippen molar-refractivity contribution in [1.29, 1.82) is 0 Å². The van der Waals surface area contributed by atoms with Crippen molar-refractivity contribution in [2.24, 2.45) is 17.8 Å². The van der Waals surface area contributed by atoms with Gasteiger partial charge in [0.1, 0.15) is 0 Å². The Morgan fingerprint density at radius 2 is 1.70 bits per heavy atom. The van der Waals surface area contributed by atoms with Crippen LogP contribution in [0.2, 0.25) is 0 Å². The standard InChI is InChI=1S/C9H15I/c1-6-2-5-9(10)8-4-3-7(6)8/h6-9H,2-5H2,1H3. The molecule has 2 rings (SSSR count). The molecule has 0 saturated heterocycles. The average Bonchev–Trinajstić information content (AvgIpc) is 1.78.